The third-order valence-corrected chi connectivity index (χ3v) is 5.52. The molecule has 0 aliphatic heterocycles. The molecular formula is C17H33O8PS. The Morgan fingerprint density at radius 3 is 2.26 bits per heavy atom. The van der Waals surface area contributed by atoms with Crippen molar-refractivity contribution in [1.29, 1.82) is 0 Å². The van der Waals surface area contributed by atoms with Crippen molar-refractivity contribution in [3.8, 4) is 0 Å². The van der Waals surface area contributed by atoms with Crippen LogP contribution in [0.25, 0.3) is 0 Å². The van der Waals surface area contributed by atoms with E-state index in [4.69, 9.17) is 14.4 Å². The molecule has 0 aromatic heterocycles. The van der Waals surface area contributed by atoms with Gasteiger partial charge in [-0.05, 0) is 12.8 Å². The van der Waals surface area contributed by atoms with Gasteiger partial charge in [0.15, 0.2) is 5.12 Å². The van der Waals surface area contributed by atoms with Gasteiger partial charge in [-0.25, -0.2) is 4.57 Å². The molecule has 0 radical (unpaired) electrons. The number of thioether (sulfide) groups is 1. The standard InChI is InChI=1S/C17H33O8PS/c1-3-5-7-9-16(19)25-15(13-24-26(21,22)23-12-11-18)14-27-17(20)10-8-6-4-2/h15,18H,3-14H2,1-2H3,(H,21,22)/t15-/m0/s1. The number of phosphoric acid groups is 1. The number of phosphoric ester groups is 1. The van der Waals surface area contributed by atoms with E-state index in [-0.39, 0.29) is 30.5 Å². The second kappa shape index (κ2) is 16.5. The van der Waals surface area contributed by atoms with E-state index in [2.05, 4.69) is 11.4 Å². The van der Waals surface area contributed by atoms with Gasteiger partial charge in [0.2, 0.25) is 0 Å². The number of carbonyl (C=O) groups is 2. The van der Waals surface area contributed by atoms with Gasteiger partial charge in [-0.2, -0.15) is 0 Å². The highest BCUT2D eigenvalue weighted by Gasteiger charge is 2.25. The number of ether oxygens (including phenoxy) is 1. The molecule has 0 saturated heterocycles. The molecule has 0 aliphatic carbocycles. The van der Waals surface area contributed by atoms with Crippen molar-refractivity contribution in [2.45, 2.75) is 71.3 Å². The van der Waals surface area contributed by atoms with Crippen LogP contribution in [0.15, 0.2) is 0 Å². The highest BCUT2D eigenvalue weighted by molar-refractivity contribution is 8.13. The lowest BCUT2D eigenvalue weighted by atomic mass is 10.2. The minimum Gasteiger partial charge on any atom is -0.459 e. The van der Waals surface area contributed by atoms with E-state index in [9.17, 15) is 19.0 Å². The van der Waals surface area contributed by atoms with Crippen molar-refractivity contribution in [2.24, 2.45) is 0 Å². The molecule has 0 aromatic rings. The largest absolute Gasteiger partial charge is 0.472 e. The molecule has 2 N–H and O–H groups in total. The maximum atomic E-state index is 11.9. The predicted octanol–water partition coefficient (Wildman–Crippen LogP) is 3.44. The highest BCUT2D eigenvalue weighted by Crippen LogP contribution is 2.43. The third kappa shape index (κ3) is 16.2. The first-order valence-corrected chi connectivity index (χ1v) is 11.9. The van der Waals surface area contributed by atoms with Crippen LogP contribution in [0.2, 0.25) is 0 Å². The number of carbonyl (C=O) groups excluding carboxylic acids is 2. The number of rotatable bonds is 17. The first kappa shape index (κ1) is 26.6. The van der Waals surface area contributed by atoms with Gasteiger partial charge in [0.25, 0.3) is 0 Å². The summed E-state index contributed by atoms with van der Waals surface area (Å²) in [6.45, 7) is 2.93. The normalized spacial score (nSPS) is 14.5. The summed E-state index contributed by atoms with van der Waals surface area (Å²) in [5.74, 6) is -0.287. The second-order valence-corrected chi connectivity index (χ2v) is 8.56. The number of aliphatic hydroxyl groups is 1. The number of hydrogen-bond acceptors (Lipinski definition) is 8. The van der Waals surface area contributed by atoms with Gasteiger partial charge in [0.05, 0.1) is 19.8 Å². The molecule has 0 saturated carbocycles. The van der Waals surface area contributed by atoms with Crippen LogP contribution in [0, 0.1) is 0 Å². The highest BCUT2D eigenvalue weighted by atomic mass is 32.2. The summed E-state index contributed by atoms with van der Waals surface area (Å²) in [5.41, 5.74) is 0. The van der Waals surface area contributed by atoms with Gasteiger partial charge in [-0.3, -0.25) is 18.6 Å². The Labute approximate surface area is 166 Å². The summed E-state index contributed by atoms with van der Waals surface area (Å²) in [5, 5.41) is 8.63. The Morgan fingerprint density at radius 1 is 1.04 bits per heavy atom. The van der Waals surface area contributed by atoms with E-state index in [1.807, 2.05) is 6.92 Å². The SMILES string of the molecule is CCCCCC(=O)O[C@@H](COP(=O)(O)OCCO)CSC(=O)CCCCC. The molecule has 0 fully saturated rings. The summed E-state index contributed by atoms with van der Waals surface area (Å²) < 4.78 is 26.3. The monoisotopic (exact) mass is 428 g/mol. The van der Waals surface area contributed by atoms with Crippen molar-refractivity contribution < 1.29 is 37.9 Å². The third-order valence-electron chi connectivity index (χ3n) is 3.47. The van der Waals surface area contributed by atoms with E-state index < -0.39 is 26.5 Å². The van der Waals surface area contributed by atoms with Gasteiger partial charge in [0, 0.05) is 18.6 Å². The Balaban J connectivity index is 4.53. The molecule has 27 heavy (non-hydrogen) atoms. The maximum absolute atomic E-state index is 11.9. The summed E-state index contributed by atoms with van der Waals surface area (Å²) in [4.78, 5) is 33.3. The van der Waals surface area contributed by atoms with Crippen LogP contribution in [-0.2, 0) is 27.9 Å². The number of aliphatic hydroxyl groups excluding tert-OH is 1. The molecule has 1 unspecified atom stereocenters. The van der Waals surface area contributed by atoms with Crippen LogP contribution in [-0.4, -0.2) is 52.8 Å². The molecule has 160 valence electrons. The van der Waals surface area contributed by atoms with Crippen LogP contribution >= 0.6 is 19.6 Å². The Bertz CT molecular complexity index is 460. The van der Waals surface area contributed by atoms with E-state index in [1.54, 1.807) is 0 Å². The average molecular weight is 428 g/mol. The molecular weight excluding hydrogens is 395 g/mol. The van der Waals surface area contributed by atoms with Crippen LogP contribution in [0.1, 0.15) is 65.2 Å². The minimum atomic E-state index is -4.35. The molecule has 8 nitrogen and oxygen atoms in total. The Hall–Kier alpha value is -0.440. The number of esters is 1. The van der Waals surface area contributed by atoms with E-state index >= 15 is 0 Å². The van der Waals surface area contributed by atoms with Crippen molar-refractivity contribution in [1.82, 2.24) is 0 Å². The van der Waals surface area contributed by atoms with Crippen LogP contribution in [0.4, 0.5) is 0 Å². The number of hydrogen-bond donors (Lipinski definition) is 2. The average Bonchev–Trinajstić information content (AvgIpc) is 2.63. The smallest absolute Gasteiger partial charge is 0.459 e. The lowest BCUT2D eigenvalue weighted by Gasteiger charge is -2.19. The summed E-state index contributed by atoms with van der Waals surface area (Å²) in [6.07, 6.45) is 5.22. The summed E-state index contributed by atoms with van der Waals surface area (Å²) >= 11 is 1.03. The molecule has 0 aromatic carbocycles. The second-order valence-electron chi connectivity index (χ2n) is 6.03. The lowest BCUT2D eigenvalue weighted by molar-refractivity contribution is -0.149. The Kier molecular flexibility index (Phi) is 16.2. The molecule has 0 rings (SSSR count). The molecule has 0 spiro atoms. The fourth-order valence-electron chi connectivity index (χ4n) is 2.03. The van der Waals surface area contributed by atoms with Crippen molar-refractivity contribution in [3.63, 3.8) is 0 Å². The first-order valence-electron chi connectivity index (χ1n) is 9.42. The zero-order valence-corrected chi connectivity index (χ0v) is 18.0. The quantitative estimate of drug-likeness (QED) is 0.204. The van der Waals surface area contributed by atoms with Gasteiger partial charge >= 0.3 is 13.8 Å². The molecule has 2 atom stereocenters. The lowest BCUT2D eigenvalue weighted by Crippen LogP contribution is -2.26. The van der Waals surface area contributed by atoms with Crippen molar-refractivity contribution in [2.75, 3.05) is 25.6 Å². The van der Waals surface area contributed by atoms with Crippen LogP contribution in [0.5, 0.6) is 0 Å². The molecule has 0 bridgehead atoms. The molecule has 0 amide bonds. The van der Waals surface area contributed by atoms with Gasteiger partial charge in [-0.15, -0.1) is 0 Å². The molecule has 10 heteroatoms. The van der Waals surface area contributed by atoms with Crippen LogP contribution < -0.4 is 0 Å². The van der Waals surface area contributed by atoms with E-state index in [0.717, 1.165) is 43.9 Å². The predicted molar refractivity (Wildman–Crippen MR) is 104 cm³/mol. The van der Waals surface area contributed by atoms with E-state index in [1.165, 1.54) is 0 Å². The molecule has 0 heterocycles. The van der Waals surface area contributed by atoms with Crippen molar-refractivity contribution in [3.05, 3.63) is 0 Å². The van der Waals surface area contributed by atoms with Gasteiger partial charge in [-0.1, -0.05) is 51.3 Å². The van der Waals surface area contributed by atoms with Crippen LogP contribution in [0.3, 0.4) is 0 Å². The zero-order valence-electron chi connectivity index (χ0n) is 16.3. The fourth-order valence-corrected chi connectivity index (χ4v) is 3.59. The fraction of sp³-hybridized carbons (Fsp3) is 0.882. The van der Waals surface area contributed by atoms with E-state index in [0.29, 0.717) is 12.8 Å². The van der Waals surface area contributed by atoms with Crippen molar-refractivity contribution >= 4 is 30.7 Å². The molecule has 0 aliphatic rings. The maximum Gasteiger partial charge on any atom is 0.472 e. The number of unbranched alkanes of at least 4 members (excludes halogenated alkanes) is 4. The Morgan fingerprint density at radius 2 is 1.67 bits per heavy atom. The minimum absolute atomic E-state index is 0.0146. The van der Waals surface area contributed by atoms with Gasteiger partial charge < -0.3 is 14.7 Å². The summed E-state index contributed by atoms with van der Waals surface area (Å²) in [7, 11) is -4.35. The summed E-state index contributed by atoms with van der Waals surface area (Å²) in [6, 6.07) is 0. The first-order chi connectivity index (χ1) is 12.8. The topological polar surface area (TPSA) is 119 Å². The zero-order chi connectivity index (χ0) is 20.5. The van der Waals surface area contributed by atoms with Gasteiger partial charge in [0.1, 0.15) is 6.10 Å².